The highest BCUT2D eigenvalue weighted by atomic mass is 19.1. The van der Waals surface area contributed by atoms with Crippen LogP contribution in [-0.2, 0) is 6.54 Å². The minimum atomic E-state index is -0.292. The van der Waals surface area contributed by atoms with Gasteiger partial charge < -0.3 is 4.90 Å². The lowest BCUT2D eigenvalue weighted by Gasteiger charge is -2.20. The fourth-order valence-electron chi connectivity index (χ4n) is 1.76. The molecule has 0 saturated carbocycles. The maximum Gasteiger partial charge on any atom is 0.129 e. The molecule has 1 unspecified atom stereocenters. The highest BCUT2D eigenvalue weighted by Crippen LogP contribution is 2.13. The van der Waals surface area contributed by atoms with Crippen molar-refractivity contribution in [2.24, 2.45) is 5.92 Å². The van der Waals surface area contributed by atoms with E-state index in [1.165, 1.54) is 6.07 Å². The molecule has 0 fully saturated rings. The van der Waals surface area contributed by atoms with Crippen molar-refractivity contribution in [1.29, 1.82) is 5.26 Å². The zero-order valence-corrected chi connectivity index (χ0v) is 10.7. The Morgan fingerprint density at radius 2 is 2.18 bits per heavy atom. The minimum absolute atomic E-state index is 0.292. The summed E-state index contributed by atoms with van der Waals surface area (Å²) in [5.74, 6) is 0.321. The second-order valence-electron chi connectivity index (χ2n) is 4.63. The second kappa shape index (κ2) is 6.36. The van der Waals surface area contributed by atoms with Gasteiger partial charge in [0.1, 0.15) is 5.82 Å². The van der Waals surface area contributed by atoms with Crippen LogP contribution in [0.25, 0.3) is 0 Å². The van der Waals surface area contributed by atoms with E-state index in [0.29, 0.717) is 23.6 Å². The van der Waals surface area contributed by atoms with Crippen molar-refractivity contribution in [3.8, 4) is 6.07 Å². The Labute approximate surface area is 103 Å². The summed E-state index contributed by atoms with van der Waals surface area (Å²) in [4.78, 5) is 2.11. The fourth-order valence-corrected chi connectivity index (χ4v) is 1.76. The number of nitriles is 1. The maximum atomic E-state index is 13.6. The van der Waals surface area contributed by atoms with Gasteiger partial charge in [0, 0.05) is 18.7 Å². The van der Waals surface area contributed by atoms with Crippen LogP contribution in [0.15, 0.2) is 18.2 Å². The van der Waals surface area contributed by atoms with Gasteiger partial charge in [-0.25, -0.2) is 4.39 Å². The normalized spacial score (nSPS) is 12.5. The van der Waals surface area contributed by atoms with Crippen LogP contribution in [0.4, 0.5) is 4.39 Å². The van der Waals surface area contributed by atoms with Gasteiger partial charge in [0.15, 0.2) is 0 Å². The summed E-state index contributed by atoms with van der Waals surface area (Å²) in [6.45, 7) is 5.88. The minimum Gasteiger partial charge on any atom is -0.302 e. The van der Waals surface area contributed by atoms with Crippen molar-refractivity contribution in [2.75, 3.05) is 13.6 Å². The van der Waals surface area contributed by atoms with Crippen molar-refractivity contribution in [2.45, 2.75) is 26.8 Å². The van der Waals surface area contributed by atoms with Gasteiger partial charge in [0.2, 0.25) is 0 Å². The molecule has 0 N–H and O–H groups in total. The Bertz CT molecular complexity index is 409. The fraction of sp³-hybridized carbons (Fsp3) is 0.500. The smallest absolute Gasteiger partial charge is 0.129 e. The quantitative estimate of drug-likeness (QED) is 0.782. The van der Waals surface area contributed by atoms with Gasteiger partial charge in [-0.1, -0.05) is 26.3 Å². The van der Waals surface area contributed by atoms with Crippen LogP contribution in [0.5, 0.6) is 0 Å². The molecule has 0 bridgehead atoms. The second-order valence-corrected chi connectivity index (χ2v) is 4.63. The van der Waals surface area contributed by atoms with E-state index in [0.717, 1.165) is 13.0 Å². The monoisotopic (exact) mass is 234 g/mol. The zero-order chi connectivity index (χ0) is 12.8. The van der Waals surface area contributed by atoms with Crippen LogP contribution in [0.1, 0.15) is 31.4 Å². The largest absolute Gasteiger partial charge is 0.302 e. The first kappa shape index (κ1) is 13.7. The zero-order valence-electron chi connectivity index (χ0n) is 10.7. The molecule has 1 aromatic carbocycles. The molecule has 17 heavy (non-hydrogen) atoms. The van der Waals surface area contributed by atoms with Gasteiger partial charge in [-0.3, -0.25) is 0 Å². The van der Waals surface area contributed by atoms with E-state index in [2.05, 4.69) is 18.7 Å². The van der Waals surface area contributed by atoms with Crippen LogP contribution in [0.3, 0.4) is 0 Å². The van der Waals surface area contributed by atoms with E-state index >= 15 is 0 Å². The summed E-state index contributed by atoms with van der Waals surface area (Å²) < 4.78 is 13.6. The van der Waals surface area contributed by atoms with Crippen LogP contribution in [0.2, 0.25) is 0 Å². The Balaban J connectivity index is 2.66. The first-order valence-electron chi connectivity index (χ1n) is 5.93. The first-order chi connectivity index (χ1) is 8.06. The molecule has 1 atom stereocenters. The summed E-state index contributed by atoms with van der Waals surface area (Å²) >= 11 is 0. The molecule has 0 aromatic heterocycles. The van der Waals surface area contributed by atoms with Crippen LogP contribution < -0.4 is 0 Å². The SMILES string of the molecule is CCC(C)CN(C)Cc1ccc(C#N)cc1F. The molecule has 0 aliphatic carbocycles. The highest BCUT2D eigenvalue weighted by molar-refractivity contribution is 5.32. The molecular formula is C14H19FN2. The average molecular weight is 234 g/mol. The molecule has 0 heterocycles. The highest BCUT2D eigenvalue weighted by Gasteiger charge is 2.09. The molecule has 1 aromatic rings. The summed E-state index contributed by atoms with van der Waals surface area (Å²) in [5, 5.41) is 8.66. The van der Waals surface area contributed by atoms with Gasteiger partial charge in [0.05, 0.1) is 11.6 Å². The lowest BCUT2D eigenvalue weighted by atomic mass is 10.1. The predicted octanol–water partition coefficient (Wildman–Crippen LogP) is 3.18. The van der Waals surface area contributed by atoms with Crippen LogP contribution in [0, 0.1) is 23.1 Å². The molecule has 0 spiro atoms. The van der Waals surface area contributed by atoms with E-state index in [1.807, 2.05) is 13.1 Å². The molecule has 2 nitrogen and oxygen atoms in total. The molecule has 0 aliphatic rings. The van der Waals surface area contributed by atoms with Crippen molar-refractivity contribution in [3.63, 3.8) is 0 Å². The Hall–Kier alpha value is -1.40. The van der Waals surface area contributed by atoms with Crippen molar-refractivity contribution >= 4 is 0 Å². The molecule has 0 radical (unpaired) electrons. The summed E-state index contributed by atoms with van der Waals surface area (Å²) in [6.07, 6.45) is 1.13. The summed E-state index contributed by atoms with van der Waals surface area (Å²) in [7, 11) is 1.99. The van der Waals surface area contributed by atoms with E-state index < -0.39 is 0 Å². The van der Waals surface area contributed by atoms with E-state index in [-0.39, 0.29) is 5.82 Å². The number of hydrogen-bond donors (Lipinski definition) is 0. The van der Waals surface area contributed by atoms with Crippen LogP contribution in [-0.4, -0.2) is 18.5 Å². The molecule has 0 amide bonds. The van der Waals surface area contributed by atoms with Gasteiger partial charge in [-0.05, 0) is 25.1 Å². The number of nitrogens with zero attached hydrogens (tertiary/aromatic N) is 2. The molecule has 0 aliphatic heterocycles. The van der Waals surface area contributed by atoms with Gasteiger partial charge in [0.25, 0.3) is 0 Å². The first-order valence-corrected chi connectivity index (χ1v) is 5.93. The third kappa shape index (κ3) is 4.16. The third-order valence-corrected chi connectivity index (χ3v) is 2.94. The van der Waals surface area contributed by atoms with Gasteiger partial charge in [-0.2, -0.15) is 5.26 Å². The molecule has 92 valence electrons. The van der Waals surface area contributed by atoms with Crippen molar-refractivity contribution in [1.82, 2.24) is 4.90 Å². The average Bonchev–Trinajstić information content (AvgIpc) is 2.31. The molecule has 3 heteroatoms. The lowest BCUT2D eigenvalue weighted by Crippen LogP contribution is -2.24. The maximum absolute atomic E-state index is 13.6. The van der Waals surface area contributed by atoms with E-state index in [4.69, 9.17) is 5.26 Å². The van der Waals surface area contributed by atoms with Gasteiger partial charge >= 0.3 is 0 Å². The number of halogens is 1. The van der Waals surface area contributed by atoms with Crippen LogP contribution >= 0.6 is 0 Å². The number of rotatable bonds is 5. The Morgan fingerprint density at radius 3 is 2.71 bits per heavy atom. The standard InChI is InChI=1S/C14H19FN2/c1-4-11(2)9-17(3)10-13-6-5-12(8-16)7-14(13)15/h5-7,11H,4,9-10H2,1-3H3. The summed E-state index contributed by atoms with van der Waals surface area (Å²) in [5.41, 5.74) is 1.02. The predicted molar refractivity (Wildman–Crippen MR) is 66.9 cm³/mol. The topological polar surface area (TPSA) is 27.0 Å². The molecular weight excluding hydrogens is 215 g/mol. The lowest BCUT2D eigenvalue weighted by molar-refractivity contribution is 0.272. The summed E-state index contributed by atoms with van der Waals surface area (Å²) in [6, 6.07) is 6.59. The van der Waals surface area contributed by atoms with E-state index in [1.54, 1.807) is 12.1 Å². The third-order valence-electron chi connectivity index (χ3n) is 2.94. The number of hydrogen-bond acceptors (Lipinski definition) is 2. The molecule has 0 saturated heterocycles. The van der Waals surface area contributed by atoms with Crippen molar-refractivity contribution < 1.29 is 4.39 Å². The van der Waals surface area contributed by atoms with Gasteiger partial charge in [-0.15, -0.1) is 0 Å². The number of benzene rings is 1. The Morgan fingerprint density at radius 1 is 1.47 bits per heavy atom. The van der Waals surface area contributed by atoms with Crippen molar-refractivity contribution in [3.05, 3.63) is 35.1 Å². The molecule has 1 rings (SSSR count). The Kier molecular flexibility index (Phi) is 5.11. The van der Waals surface area contributed by atoms with E-state index in [9.17, 15) is 4.39 Å².